The van der Waals surface area contributed by atoms with Crippen LogP contribution in [-0.2, 0) is 16.1 Å². The molecule has 5 nitrogen and oxygen atoms in total. The Balaban J connectivity index is 1.49. The normalized spacial score (nSPS) is 25.7. The molecule has 2 atom stereocenters. The lowest BCUT2D eigenvalue weighted by atomic mass is 10.1. The molecule has 2 heterocycles. The van der Waals surface area contributed by atoms with Crippen LogP contribution in [0.2, 0.25) is 0 Å². The van der Waals surface area contributed by atoms with Crippen LogP contribution < -0.4 is 5.73 Å². The summed E-state index contributed by atoms with van der Waals surface area (Å²) in [7, 11) is 0. The number of hydrogen-bond donors (Lipinski definition) is 1. The number of carbonyl (C=O) groups excluding carboxylic acids is 1. The van der Waals surface area contributed by atoms with E-state index in [4.69, 9.17) is 10.5 Å². The second-order valence-corrected chi connectivity index (χ2v) is 6.59. The minimum Gasteiger partial charge on any atom is -0.364 e. The van der Waals surface area contributed by atoms with Crippen molar-refractivity contribution in [2.75, 3.05) is 32.7 Å². The number of nitrogens with zero attached hydrogens (tertiary/aromatic N) is 2. The quantitative estimate of drug-likeness (QED) is 0.905. The number of rotatable bonds is 4. The minimum absolute atomic E-state index is 0.0614. The highest BCUT2D eigenvalue weighted by atomic mass is 16.5. The topological polar surface area (TPSA) is 58.8 Å². The highest BCUT2D eigenvalue weighted by molar-refractivity contribution is 5.81. The first-order valence-electron chi connectivity index (χ1n) is 8.58. The predicted octanol–water partition coefficient (Wildman–Crippen LogP) is 1.15. The molecule has 2 aliphatic heterocycles. The van der Waals surface area contributed by atoms with Crippen LogP contribution >= 0.6 is 0 Å². The number of aryl methyl sites for hydroxylation is 1. The number of amides is 1. The van der Waals surface area contributed by atoms with E-state index >= 15 is 0 Å². The van der Waals surface area contributed by atoms with Crippen molar-refractivity contribution < 1.29 is 9.53 Å². The van der Waals surface area contributed by atoms with Crippen LogP contribution in [0.3, 0.4) is 0 Å². The van der Waals surface area contributed by atoms with Crippen LogP contribution in [0, 0.1) is 6.92 Å². The van der Waals surface area contributed by atoms with Gasteiger partial charge in [0.2, 0.25) is 0 Å². The van der Waals surface area contributed by atoms with Gasteiger partial charge in [0.1, 0.15) is 6.10 Å². The third kappa shape index (κ3) is 3.91. The molecule has 1 aromatic rings. The van der Waals surface area contributed by atoms with Crippen LogP contribution in [-0.4, -0.2) is 60.6 Å². The molecule has 0 radical (unpaired) electrons. The average Bonchev–Trinajstić information content (AvgIpc) is 3.06. The molecule has 0 saturated carbocycles. The van der Waals surface area contributed by atoms with Crippen molar-refractivity contribution >= 4 is 5.91 Å². The van der Waals surface area contributed by atoms with Gasteiger partial charge < -0.3 is 15.4 Å². The van der Waals surface area contributed by atoms with E-state index < -0.39 is 0 Å². The fourth-order valence-corrected chi connectivity index (χ4v) is 3.42. The van der Waals surface area contributed by atoms with Gasteiger partial charge in [-0.15, -0.1) is 0 Å². The number of benzene rings is 1. The smallest absolute Gasteiger partial charge is 0.251 e. The maximum absolute atomic E-state index is 12.5. The van der Waals surface area contributed by atoms with Crippen molar-refractivity contribution in [3.8, 4) is 0 Å². The maximum atomic E-state index is 12.5. The molecule has 0 aliphatic carbocycles. The molecule has 5 heteroatoms. The van der Waals surface area contributed by atoms with Gasteiger partial charge in [0.25, 0.3) is 5.91 Å². The van der Waals surface area contributed by atoms with Crippen molar-refractivity contribution in [3.63, 3.8) is 0 Å². The lowest BCUT2D eigenvalue weighted by Gasteiger charge is -2.36. The molecule has 0 unspecified atom stereocenters. The molecule has 0 spiro atoms. The Labute approximate surface area is 138 Å². The largest absolute Gasteiger partial charge is 0.364 e. The summed E-state index contributed by atoms with van der Waals surface area (Å²) in [6.07, 6.45) is 1.50. The maximum Gasteiger partial charge on any atom is 0.251 e. The molecule has 3 rings (SSSR count). The highest BCUT2D eigenvalue weighted by Crippen LogP contribution is 2.21. The molecular formula is C18H27N3O2. The molecule has 2 aliphatic rings. The molecule has 1 amide bonds. The first-order valence-corrected chi connectivity index (χ1v) is 8.58. The predicted molar refractivity (Wildman–Crippen MR) is 90.0 cm³/mol. The van der Waals surface area contributed by atoms with Gasteiger partial charge in [-0.25, -0.2) is 0 Å². The molecule has 0 aromatic heterocycles. The number of piperazine rings is 1. The summed E-state index contributed by atoms with van der Waals surface area (Å²) in [6, 6.07) is 8.51. The number of hydrogen-bond acceptors (Lipinski definition) is 4. The Kier molecular flexibility index (Phi) is 5.30. The Hall–Kier alpha value is -1.43. The van der Waals surface area contributed by atoms with Crippen molar-refractivity contribution in [3.05, 3.63) is 35.4 Å². The standard InChI is InChI=1S/C18H27N3O2/c1-14-4-2-3-5-15(14)13-20-8-10-21(11-9-20)18(22)17-7-6-16(12-19)23-17/h2-5,16-17H,6-13,19H2,1H3/t16-,17+/m1/s1. The van der Waals surface area contributed by atoms with Crippen LogP contribution in [0.25, 0.3) is 0 Å². The van der Waals surface area contributed by atoms with Gasteiger partial charge >= 0.3 is 0 Å². The van der Waals surface area contributed by atoms with Gasteiger partial charge in [-0.05, 0) is 30.9 Å². The van der Waals surface area contributed by atoms with E-state index in [-0.39, 0.29) is 18.1 Å². The zero-order valence-electron chi connectivity index (χ0n) is 13.9. The zero-order valence-corrected chi connectivity index (χ0v) is 13.9. The molecular weight excluding hydrogens is 290 g/mol. The van der Waals surface area contributed by atoms with E-state index in [1.54, 1.807) is 0 Å². The summed E-state index contributed by atoms with van der Waals surface area (Å²) >= 11 is 0. The lowest BCUT2D eigenvalue weighted by molar-refractivity contribution is -0.144. The fourth-order valence-electron chi connectivity index (χ4n) is 3.42. The van der Waals surface area contributed by atoms with Crippen LogP contribution in [0.15, 0.2) is 24.3 Å². The van der Waals surface area contributed by atoms with Gasteiger partial charge in [-0.3, -0.25) is 9.69 Å². The zero-order chi connectivity index (χ0) is 16.2. The molecule has 2 N–H and O–H groups in total. The molecule has 2 fully saturated rings. The number of nitrogens with two attached hydrogens (primary N) is 1. The van der Waals surface area contributed by atoms with Gasteiger partial charge in [0.05, 0.1) is 6.10 Å². The van der Waals surface area contributed by atoms with Crippen LogP contribution in [0.5, 0.6) is 0 Å². The number of ether oxygens (including phenoxy) is 1. The van der Waals surface area contributed by atoms with Crippen molar-refractivity contribution in [2.45, 2.75) is 38.5 Å². The van der Waals surface area contributed by atoms with E-state index in [2.05, 4.69) is 36.1 Å². The summed E-state index contributed by atoms with van der Waals surface area (Å²) in [5.74, 6) is 0.150. The summed E-state index contributed by atoms with van der Waals surface area (Å²) < 4.78 is 5.73. The Bertz CT molecular complexity index is 541. The van der Waals surface area contributed by atoms with E-state index in [1.165, 1.54) is 11.1 Å². The van der Waals surface area contributed by atoms with Crippen molar-refractivity contribution in [1.29, 1.82) is 0 Å². The van der Waals surface area contributed by atoms with Crippen LogP contribution in [0.1, 0.15) is 24.0 Å². The van der Waals surface area contributed by atoms with E-state index in [0.29, 0.717) is 6.54 Å². The number of carbonyl (C=O) groups is 1. The third-order valence-electron chi connectivity index (χ3n) is 4.99. The molecule has 2 saturated heterocycles. The second kappa shape index (κ2) is 7.43. The van der Waals surface area contributed by atoms with Crippen molar-refractivity contribution in [2.24, 2.45) is 5.73 Å². The monoisotopic (exact) mass is 317 g/mol. The lowest BCUT2D eigenvalue weighted by Crippen LogP contribution is -2.51. The van der Waals surface area contributed by atoms with Gasteiger partial charge in [-0.1, -0.05) is 24.3 Å². The van der Waals surface area contributed by atoms with Gasteiger partial charge in [-0.2, -0.15) is 0 Å². The Morgan fingerprint density at radius 1 is 1.22 bits per heavy atom. The SMILES string of the molecule is Cc1ccccc1CN1CCN(C(=O)[C@@H]2CC[C@H](CN)O2)CC1. The first kappa shape index (κ1) is 16.4. The fraction of sp³-hybridized carbons (Fsp3) is 0.611. The van der Waals surface area contributed by atoms with E-state index in [1.807, 2.05) is 4.90 Å². The van der Waals surface area contributed by atoms with Crippen LogP contribution in [0.4, 0.5) is 0 Å². The summed E-state index contributed by atoms with van der Waals surface area (Å²) in [4.78, 5) is 16.9. The third-order valence-corrected chi connectivity index (χ3v) is 4.99. The Morgan fingerprint density at radius 2 is 1.96 bits per heavy atom. The average molecular weight is 317 g/mol. The Morgan fingerprint density at radius 3 is 2.61 bits per heavy atom. The van der Waals surface area contributed by atoms with Crippen molar-refractivity contribution in [1.82, 2.24) is 9.80 Å². The second-order valence-electron chi connectivity index (χ2n) is 6.59. The van der Waals surface area contributed by atoms with E-state index in [9.17, 15) is 4.79 Å². The first-order chi connectivity index (χ1) is 11.2. The summed E-state index contributed by atoms with van der Waals surface area (Å²) in [5.41, 5.74) is 8.33. The molecule has 1 aromatic carbocycles. The van der Waals surface area contributed by atoms with Gasteiger partial charge in [0, 0.05) is 39.3 Å². The summed E-state index contributed by atoms with van der Waals surface area (Å²) in [6.45, 7) is 7.05. The minimum atomic E-state index is -0.272. The van der Waals surface area contributed by atoms with E-state index in [0.717, 1.165) is 45.6 Å². The highest BCUT2D eigenvalue weighted by Gasteiger charge is 2.34. The van der Waals surface area contributed by atoms with Gasteiger partial charge in [0.15, 0.2) is 0 Å². The molecule has 23 heavy (non-hydrogen) atoms. The molecule has 126 valence electrons. The summed E-state index contributed by atoms with van der Waals surface area (Å²) in [5, 5.41) is 0. The molecule has 0 bridgehead atoms.